The summed E-state index contributed by atoms with van der Waals surface area (Å²) in [6.45, 7) is 8.41. The Morgan fingerprint density at radius 3 is 2.19 bits per heavy atom. The first kappa shape index (κ1) is 22.5. The number of nitrogens with zero attached hydrogens (tertiary/aromatic N) is 2. The van der Waals surface area contributed by atoms with E-state index in [0.717, 1.165) is 36.9 Å². The number of rotatable bonds is 5. The van der Waals surface area contributed by atoms with E-state index in [2.05, 4.69) is 66.1 Å². The van der Waals surface area contributed by atoms with Crippen molar-refractivity contribution in [3.63, 3.8) is 0 Å². The van der Waals surface area contributed by atoms with E-state index in [1.807, 2.05) is 30.3 Å². The molecule has 162 valence electrons. The van der Waals surface area contributed by atoms with Gasteiger partial charge in [0.25, 0.3) is 0 Å². The van der Waals surface area contributed by atoms with Crippen molar-refractivity contribution in [2.24, 2.45) is 0 Å². The smallest absolute Gasteiger partial charge is 0.0670 e. The van der Waals surface area contributed by atoms with Crippen molar-refractivity contribution in [1.29, 1.82) is 0 Å². The number of anilines is 1. The second kappa shape index (κ2) is 9.42. The van der Waals surface area contributed by atoms with Crippen molar-refractivity contribution in [3.8, 4) is 0 Å². The Labute approximate surface area is 200 Å². The van der Waals surface area contributed by atoms with E-state index in [0.29, 0.717) is 10.0 Å². The molecule has 4 rings (SSSR count). The van der Waals surface area contributed by atoms with Crippen LogP contribution in [0.5, 0.6) is 0 Å². The van der Waals surface area contributed by atoms with Gasteiger partial charge in [0.15, 0.2) is 0 Å². The summed E-state index contributed by atoms with van der Waals surface area (Å²) in [6.07, 6.45) is 0. The van der Waals surface area contributed by atoms with Gasteiger partial charge in [-0.05, 0) is 41.5 Å². The van der Waals surface area contributed by atoms with Gasteiger partial charge >= 0.3 is 0 Å². The maximum Gasteiger partial charge on any atom is 0.0670 e. The molecule has 0 N–H and O–H groups in total. The average Bonchev–Trinajstić information content (AvgIpc) is 2.75. The van der Waals surface area contributed by atoms with E-state index in [9.17, 15) is 0 Å². The van der Waals surface area contributed by atoms with E-state index >= 15 is 0 Å². The molecular weight excluding hydrogens is 447 g/mol. The van der Waals surface area contributed by atoms with Gasteiger partial charge in [0, 0.05) is 41.6 Å². The Balaban J connectivity index is 1.62. The highest BCUT2D eigenvalue weighted by Gasteiger charge is 2.33. The predicted octanol–water partition coefficient (Wildman–Crippen LogP) is 7.49. The highest BCUT2D eigenvalue weighted by molar-refractivity contribution is 6.36. The Hall–Kier alpha value is -1.71. The molecule has 1 aliphatic rings. The van der Waals surface area contributed by atoms with Crippen molar-refractivity contribution in [1.82, 2.24) is 4.90 Å². The summed E-state index contributed by atoms with van der Waals surface area (Å²) in [6, 6.07) is 24.9. The third-order valence-corrected chi connectivity index (χ3v) is 6.90. The van der Waals surface area contributed by atoms with Crippen LogP contribution in [0.2, 0.25) is 15.1 Å². The van der Waals surface area contributed by atoms with Gasteiger partial charge in [-0.3, -0.25) is 4.90 Å². The van der Waals surface area contributed by atoms with Gasteiger partial charge in [0.1, 0.15) is 0 Å². The van der Waals surface area contributed by atoms with Crippen molar-refractivity contribution in [3.05, 3.63) is 99.0 Å². The van der Waals surface area contributed by atoms with Gasteiger partial charge in [-0.1, -0.05) is 91.1 Å². The summed E-state index contributed by atoms with van der Waals surface area (Å²) < 4.78 is 0. The summed E-state index contributed by atoms with van der Waals surface area (Å²) in [5.74, 6) is 0. The van der Waals surface area contributed by atoms with Gasteiger partial charge in [0.2, 0.25) is 0 Å². The lowest BCUT2D eigenvalue weighted by Gasteiger charge is -2.45. The molecular formula is C26H27Cl3N2. The van der Waals surface area contributed by atoms with E-state index in [4.69, 9.17) is 34.8 Å². The van der Waals surface area contributed by atoms with Crippen molar-refractivity contribution in [2.45, 2.75) is 25.3 Å². The summed E-state index contributed by atoms with van der Waals surface area (Å²) in [5.41, 5.74) is 3.68. The summed E-state index contributed by atoms with van der Waals surface area (Å²) in [5, 5.41) is 2.09. The topological polar surface area (TPSA) is 6.48 Å². The van der Waals surface area contributed by atoms with Gasteiger partial charge in [-0.25, -0.2) is 0 Å². The summed E-state index contributed by atoms with van der Waals surface area (Å²) in [4.78, 5) is 4.96. The lowest BCUT2D eigenvalue weighted by molar-refractivity contribution is 0.186. The number of hydrogen-bond donors (Lipinski definition) is 0. The highest BCUT2D eigenvalue weighted by Crippen LogP contribution is 2.37. The number of piperazine rings is 1. The zero-order valence-electron chi connectivity index (χ0n) is 17.9. The summed E-state index contributed by atoms with van der Waals surface area (Å²) in [7, 11) is 0. The third-order valence-electron chi connectivity index (χ3n) is 6.11. The maximum absolute atomic E-state index is 6.60. The Bertz CT molecular complexity index is 1020. The first-order chi connectivity index (χ1) is 14.8. The number of halogens is 3. The summed E-state index contributed by atoms with van der Waals surface area (Å²) >= 11 is 18.9. The first-order valence-corrected chi connectivity index (χ1v) is 11.7. The molecule has 0 aliphatic carbocycles. The highest BCUT2D eigenvalue weighted by atomic mass is 35.5. The Morgan fingerprint density at radius 2 is 1.52 bits per heavy atom. The molecule has 5 heteroatoms. The zero-order chi connectivity index (χ0) is 22.0. The molecule has 0 spiro atoms. The van der Waals surface area contributed by atoms with E-state index < -0.39 is 0 Å². The standard InChI is InChI=1S/C26H27Cl3N2/c1-26(2,20-6-4-3-5-7-20)18-30-14-15-31(24-13-12-22(28)16-23(24)29)25(17-30)19-8-10-21(27)11-9-19/h3-13,16,25H,14-15,17-18H2,1-2H3. The molecule has 0 bridgehead atoms. The largest absolute Gasteiger partial charge is 0.361 e. The molecule has 1 fully saturated rings. The second-order valence-electron chi connectivity index (χ2n) is 8.84. The van der Waals surface area contributed by atoms with Gasteiger partial charge in [0.05, 0.1) is 16.8 Å². The molecule has 3 aromatic carbocycles. The minimum Gasteiger partial charge on any atom is -0.361 e. The third kappa shape index (κ3) is 5.21. The quantitative estimate of drug-likeness (QED) is 0.379. The molecule has 0 radical (unpaired) electrons. The SMILES string of the molecule is CC(C)(CN1CCN(c2ccc(Cl)cc2Cl)C(c2ccc(Cl)cc2)C1)c1ccccc1. The van der Waals surface area contributed by atoms with Crippen LogP contribution in [0.15, 0.2) is 72.8 Å². The fourth-order valence-electron chi connectivity index (χ4n) is 4.50. The first-order valence-electron chi connectivity index (χ1n) is 10.6. The molecule has 1 heterocycles. The molecule has 0 aromatic heterocycles. The molecule has 1 saturated heterocycles. The van der Waals surface area contributed by atoms with E-state index in [1.54, 1.807) is 0 Å². The van der Waals surface area contributed by atoms with Crippen LogP contribution in [0.3, 0.4) is 0 Å². The molecule has 0 saturated carbocycles. The van der Waals surface area contributed by atoms with Crippen molar-refractivity contribution in [2.75, 3.05) is 31.1 Å². The zero-order valence-corrected chi connectivity index (χ0v) is 20.1. The normalized spacial score (nSPS) is 17.7. The lowest BCUT2D eigenvalue weighted by Crippen LogP contribution is -2.51. The fraction of sp³-hybridized carbons (Fsp3) is 0.308. The molecule has 31 heavy (non-hydrogen) atoms. The Kier molecular flexibility index (Phi) is 6.83. The van der Waals surface area contributed by atoms with Crippen molar-refractivity contribution >= 4 is 40.5 Å². The average molecular weight is 474 g/mol. The van der Waals surface area contributed by atoms with E-state index in [1.165, 1.54) is 11.1 Å². The molecule has 3 aromatic rings. The maximum atomic E-state index is 6.60. The van der Waals surface area contributed by atoms with E-state index in [-0.39, 0.29) is 11.5 Å². The van der Waals surface area contributed by atoms with Crippen molar-refractivity contribution < 1.29 is 0 Å². The van der Waals surface area contributed by atoms with Crippen LogP contribution in [0.25, 0.3) is 0 Å². The molecule has 1 atom stereocenters. The molecule has 1 unspecified atom stereocenters. The van der Waals surface area contributed by atoms with Gasteiger partial charge in [-0.15, -0.1) is 0 Å². The number of benzene rings is 3. The van der Waals surface area contributed by atoms with Crippen LogP contribution in [-0.4, -0.2) is 31.1 Å². The van der Waals surface area contributed by atoms with Gasteiger partial charge in [-0.2, -0.15) is 0 Å². The van der Waals surface area contributed by atoms with Gasteiger partial charge < -0.3 is 4.90 Å². The van der Waals surface area contributed by atoms with Crippen LogP contribution in [-0.2, 0) is 5.41 Å². The minimum atomic E-state index is 0.0614. The lowest BCUT2D eigenvalue weighted by atomic mass is 9.83. The van der Waals surface area contributed by atoms with Crippen LogP contribution in [0, 0.1) is 0 Å². The molecule has 0 amide bonds. The Morgan fingerprint density at radius 1 is 0.839 bits per heavy atom. The fourth-order valence-corrected chi connectivity index (χ4v) is 5.14. The monoisotopic (exact) mass is 472 g/mol. The molecule has 1 aliphatic heterocycles. The number of hydrogen-bond acceptors (Lipinski definition) is 2. The van der Waals surface area contributed by atoms with Crippen LogP contribution < -0.4 is 4.90 Å². The van der Waals surface area contributed by atoms with Crippen LogP contribution >= 0.6 is 34.8 Å². The van der Waals surface area contributed by atoms with Crippen LogP contribution in [0.4, 0.5) is 5.69 Å². The second-order valence-corrected chi connectivity index (χ2v) is 10.1. The molecule has 2 nitrogen and oxygen atoms in total. The van der Waals surface area contributed by atoms with Crippen LogP contribution in [0.1, 0.15) is 31.0 Å². The minimum absolute atomic E-state index is 0.0614. The predicted molar refractivity (Wildman–Crippen MR) is 134 cm³/mol.